The van der Waals surface area contributed by atoms with Crippen molar-refractivity contribution in [1.29, 1.82) is 0 Å². The summed E-state index contributed by atoms with van der Waals surface area (Å²) in [6.45, 7) is 3.94. The molecule has 0 bridgehead atoms. The van der Waals surface area contributed by atoms with Crippen molar-refractivity contribution in [3.8, 4) is 0 Å². The molecular formula is C9H14N2O3. The second-order valence-electron chi connectivity index (χ2n) is 3.38. The van der Waals surface area contributed by atoms with E-state index in [0.717, 1.165) is 0 Å². The lowest BCUT2D eigenvalue weighted by Crippen LogP contribution is -2.16. The molecule has 14 heavy (non-hydrogen) atoms. The average molecular weight is 198 g/mol. The van der Waals surface area contributed by atoms with Gasteiger partial charge in [-0.25, -0.2) is 4.79 Å². The summed E-state index contributed by atoms with van der Waals surface area (Å²) in [6, 6.07) is 1.29. The van der Waals surface area contributed by atoms with E-state index in [-0.39, 0.29) is 17.7 Å². The van der Waals surface area contributed by atoms with Gasteiger partial charge in [0.15, 0.2) is 0 Å². The number of hydrogen-bond donors (Lipinski definition) is 1. The predicted octanol–water partition coefficient (Wildman–Crippen LogP) is 1.12. The number of aromatic nitrogens is 1. The number of nitrogens with zero attached hydrogens (tertiary/aromatic N) is 1. The Hall–Kier alpha value is -1.36. The Balaban J connectivity index is 2.82. The molecule has 5 nitrogen and oxygen atoms in total. The van der Waals surface area contributed by atoms with Crippen molar-refractivity contribution in [3.05, 3.63) is 17.5 Å². The maximum absolute atomic E-state index is 11.0. The molecule has 78 valence electrons. The summed E-state index contributed by atoms with van der Waals surface area (Å²) < 4.78 is 9.26. The highest BCUT2D eigenvalue weighted by Gasteiger charge is 2.19. The Morgan fingerprint density at radius 3 is 2.79 bits per heavy atom. The SMILES string of the molecule is COC(=O)c1cc([C@@H](N)C(C)C)no1. The van der Waals surface area contributed by atoms with Gasteiger partial charge in [-0.1, -0.05) is 19.0 Å². The van der Waals surface area contributed by atoms with Gasteiger partial charge >= 0.3 is 5.97 Å². The first-order valence-electron chi connectivity index (χ1n) is 4.36. The van der Waals surface area contributed by atoms with Crippen molar-refractivity contribution < 1.29 is 14.1 Å². The van der Waals surface area contributed by atoms with Gasteiger partial charge in [0.2, 0.25) is 5.76 Å². The van der Waals surface area contributed by atoms with Crippen LogP contribution in [0.5, 0.6) is 0 Å². The number of hydrogen-bond acceptors (Lipinski definition) is 5. The lowest BCUT2D eigenvalue weighted by atomic mass is 10.0. The van der Waals surface area contributed by atoms with Crippen molar-refractivity contribution in [2.45, 2.75) is 19.9 Å². The van der Waals surface area contributed by atoms with Gasteiger partial charge in [0.05, 0.1) is 13.2 Å². The van der Waals surface area contributed by atoms with Crippen LogP contribution in [0.3, 0.4) is 0 Å². The number of ether oxygens (including phenoxy) is 1. The third-order valence-corrected chi connectivity index (χ3v) is 1.97. The van der Waals surface area contributed by atoms with Crippen molar-refractivity contribution in [1.82, 2.24) is 5.16 Å². The largest absolute Gasteiger partial charge is 0.463 e. The molecule has 1 rings (SSSR count). The molecule has 0 aliphatic carbocycles. The van der Waals surface area contributed by atoms with Gasteiger partial charge in [-0.3, -0.25) is 0 Å². The van der Waals surface area contributed by atoms with Crippen LogP contribution in [0.15, 0.2) is 10.6 Å². The number of carbonyl (C=O) groups excluding carboxylic acids is 1. The molecule has 1 aromatic rings. The van der Waals surface area contributed by atoms with E-state index in [1.165, 1.54) is 13.2 Å². The van der Waals surface area contributed by atoms with Crippen LogP contribution in [0.4, 0.5) is 0 Å². The quantitative estimate of drug-likeness (QED) is 0.736. The first-order valence-corrected chi connectivity index (χ1v) is 4.36. The zero-order valence-electron chi connectivity index (χ0n) is 8.48. The Bertz CT molecular complexity index is 320. The minimum absolute atomic E-state index is 0.0820. The normalized spacial score (nSPS) is 12.9. The molecule has 1 heterocycles. The number of esters is 1. The molecule has 0 spiro atoms. The van der Waals surface area contributed by atoms with Crippen molar-refractivity contribution >= 4 is 5.97 Å². The van der Waals surface area contributed by atoms with E-state index in [0.29, 0.717) is 5.69 Å². The van der Waals surface area contributed by atoms with E-state index in [2.05, 4.69) is 9.89 Å². The molecule has 0 saturated carbocycles. The van der Waals surface area contributed by atoms with Crippen LogP contribution in [-0.4, -0.2) is 18.2 Å². The molecule has 1 atom stereocenters. The van der Waals surface area contributed by atoms with Crippen LogP contribution in [0.2, 0.25) is 0 Å². The van der Waals surface area contributed by atoms with Crippen LogP contribution in [0.1, 0.15) is 36.1 Å². The highest BCUT2D eigenvalue weighted by atomic mass is 16.5. The zero-order chi connectivity index (χ0) is 10.7. The fourth-order valence-corrected chi connectivity index (χ4v) is 0.984. The maximum atomic E-state index is 11.0. The number of nitrogens with two attached hydrogens (primary N) is 1. The van der Waals surface area contributed by atoms with Gasteiger partial charge in [0.1, 0.15) is 5.69 Å². The van der Waals surface area contributed by atoms with Crippen molar-refractivity contribution in [2.75, 3.05) is 7.11 Å². The highest BCUT2D eigenvalue weighted by molar-refractivity contribution is 5.86. The minimum Gasteiger partial charge on any atom is -0.463 e. The molecule has 1 aromatic heterocycles. The highest BCUT2D eigenvalue weighted by Crippen LogP contribution is 2.18. The summed E-state index contributed by atoms with van der Waals surface area (Å²) in [6.07, 6.45) is 0. The van der Waals surface area contributed by atoms with Crippen LogP contribution in [0.25, 0.3) is 0 Å². The van der Waals surface area contributed by atoms with Gasteiger partial charge in [-0.2, -0.15) is 0 Å². The summed E-state index contributed by atoms with van der Waals surface area (Å²) in [5.74, 6) is -0.219. The standard InChI is InChI=1S/C9H14N2O3/c1-5(2)8(10)6-4-7(14-11-6)9(12)13-3/h4-5,8H,10H2,1-3H3/t8-/m0/s1. The Kier molecular flexibility index (Phi) is 3.24. The third-order valence-electron chi connectivity index (χ3n) is 1.97. The number of carbonyl (C=O) groups is 1. The Morgan fingerprint density at radius 2 is 2.29 bits per heavy atom. The van der Waals surface area contributed by atoms with Crippen LogP contribution >= 0.6 is 0 Å². The van der Waals surface area contributed by atoms with Gasteiger partial charge in [-0.15, -0.1) is 0 Å². The number of methoxy groups -OCH3 is 1. The summed E-state index contributed by atoms with van der Waals surface area (Å²) in [7, 11) is 1.28. The monoisotopic (exact) mass is 198 g/mol. The Labute approximate surface area is 82.2 Å². The smallest absolute Gasteiger partial charge is 0.376 e. The second-order valence-corrected chi connectivity index (χ2v) is 3.38. The van der Waals surface area contributed by atoms with Gasteiger partial charge < -0.3 is 15.0 Å². The molecule has 0 amide bonds. The summed E-state index contributed by atoms with van der Waals surface area (Å²) >= 11 is 0. The second kappa shape index (κ2) is 4.23. The van der Waals surface area contributed by atoms with E-state index in [1.807, 2.05) is 13.8 Å². The maximum Gasteiger partial charge on any atom is 0.376 e. The van der Waals surface area contributed by atoms with Crippen LogP contribution < -0.4 is 5.73 Å². The third kappa shape index (κ3) is 2.11. The van der Waals surface area contributed by atoms with Crippen LogP contribution in [-0.2, 0) is 4.74 Å². The molecular weight excluding hydrogens is 184 g/mol. The van der Waals surface area contributed by atoms with Gasteiger partial charge in [0, 0.05) is 6.07 Å². The molecule has 5 heteroatoms. The summed E-state index contributed by atoms with van der Waals surface area (Å²) in [5.41, 5.74) is 6.39. The predicted molar refractivity (Wildman–Crippen MR) is 49.6 cm³/mol. The summed E-state index contributed by atoms with van der Waals surface area (Å²) in [4.78, 5) is 11.0. The van der Waals surface area contributed by atoms with Crippen molar-refractivity contribution in [2.24, 2.45) is 11.7 Å². The van der Waals surface area contributed by atoms with Crippen LogP contribution in [0, 0.1) is 5.92 Å². The first-order chi connectivity index (χ1) is 6.56. The lowest BCUT2D eigenvalue weighted by Gasteiger charge is -2.10. The Morgan fingerprint density at radius 1 is 1.64 bits per heavy atom. The molecule has 0 saturated heterocycles. The minimum atomic E-state index is -0.542. The summed E-state index contributed by atoms with van der Waals surface area (Å²) in [5, 5.41) is 3.71. The topological polar surface area (TPSA) is 78.4 Å². The van der Waals surface area contributed by atoms with E-state index < -0.39 is 5.97 Å². The number of rotatable bonds is 3. The fraction of sp³-hybridized carbons (Fsp3) is 0.556. The average Bonchev–Trinajstić information content (AvgIpc) is 2.64. The molecule has 2 N–H and O–H groups in total. The molecule has 0 radical (unpaired) electrons. The first kappa shape index (κ1) is 10.7. The van der Waals surface area contributed by atoms with E-state index in [1.54, 1.807) is 0 Å². The molecule has 0 aliphatic rings. The van der Waals surface area contributed by atoms with Gasteiger partial charge in [-0.05, 0) is 5.92 Å². The fourth-order valence-electron chi connectivity index (χ4n) is 0.984. The molecule has 0 aromatic carbocycles. The van der Waals surface area contributed by atoms with E-state index in [9.17, 15) is 4.79 Å². The van der Waals surface area contributed by atoms with E-state index >= 15 is 0 Å². The zero-order valence-corrected chi connectivity index (χ0v) is 8.48. The molecule has 0 unspecified atom stereocenters. The molecule has 0 fully saturated rings. The van der Waals surface area contributed by atoms with Crippen molar-refractivity contribution in [3.63, 3.8) is 0 Å². The lowest BCUT2D eigenvalue weighted by molar-refractivity contribution is 0.0554. The van der Waals surface area contributed by atoms with E-state index in [4.69, 9.17) is 10.3 Å². The van der Waals surface area contributed by atoms with Gasteiger partial charge in [0.25, 0.3) is 0 Å². The molecule has 0 aliphatic heterocycles.